The first-order chi connectivity index (χ1) is 13.2. The van der Waals surface area contributed by atoms with Gasteiger partial charge in [0.15, 0.2) is 0 Å². The molecule has 2 N–H and O–H groups in total. The maximum absolute atomic E-state index is 12.7. The van der Waals surface area contributed by atoms with Crippen LogP contribution in [0.5, 0.6) is 0 Å². The predicted octanol–water partition coefficient (Wildman–Crippen LogP) is 3.32. The Kier molecular flexibility index (Phi) is 4.96. The second kappa shape index (κ2) is 7.70. The third-order valence-corrected chi connectivity index (χ3v) is 5.18. The fraction of sp³-hybridized carbons (Fsp3) is 0.333. The molecule has 6 heteroatoms. The summed E-state index contributed by atoms with van der Waals surface area (Å²) in [5, 5.41) is 3.93. The zero-order valence-electron chi connectivity index (χ0n) is 15.1. The average Bonchev–Trinajstić information content (AvgIpc) is 3.36. The Bertz CT molecular complexity index is 888. The third-order valence-electron chi connectivity index (χ3n) is 5.18. The molecule has 4 rings (SSSR count). The summed E-state index contributed by atoms with van der Waals surface area (Å²) < 4.78 is 5.22. The molecular weight excluding hydrogens is 342 g/mol. The zero-order chi connectivity index (χ0) is 18.6. The number of H-pyrrole nitrogens is 1. The van der Waals surface area contributed by atoms with Crippen molar-refractivity contribution in [1.29, 1.82) is 0 Å². The molecule has 1 aliphatic heterocycles. The fourth-order valence-electron chi connectivity index (χ4n) is 3.63. The zero-order valence-corrected chi connectivity index (χ0v) is 15.1. The van der Waals surface area contributed by atoms with E-state index in [0.29, 0.717) is 37.7 Å². The number of benzene rings is 1. The smallest absolute Gasteiger partial charge is 0.270 e. The Morgan fingerprint density at radius 3 is 2.70 bits per heavy atom. The molecular formula is C21H23N3O3. The number of likely N-dealkylation sites (tertiary alicyclic amines) is 1. The Morgan fingerprint density at radius 1 is 1.15 bits per heavy atom. The number of carbonyl (C=O) groups excluding carboxylic acids is 2. The highest BCUT2D eigenvalue weighted by molar-refractivity contribution is 5.98. The van der Waals surface area contributed by atoms with E-state index in [1.807, 2.05) is 41.3 Å². The van der Waals surface area contributed by atoms with Crippen LogP contribution in [0, 0.1) is 5.92 Å². The van der Waals surface area contributed by atoms with E-state index in [0.717, 1.165) is 29.5 Å². The molecule has 3 heterocycles. The van der Waals surface area contributed by atoms with Crippen molar-refractivity contribution in [2.45, 2.75) is 25.8 Å². The topological polar surface area (TPSA) is 78.3 Å². The van der Waals surface area contributed by atoms with Gasteiger partial charge in [0.05, 0.1) is 12.8 Å². The summed E-state index contributed by atoms with van der Waals surface area (Å²) in [4.78, 5) is 29.9. The minimum Gasteiger partial charge on any atom is -0.467 e. The Morgan fingerprint density at radius 2 is 1.96 bits per heavy atom. The third kappa shape index (κ3) is 4.05. The number of nitrogens with one attached hydrogen (secondary N) is 2. The van der Waals surface area contributed by atoms with Crippen LogP contribution in [0.15, 0.2) is 53.1 Å². The quantitative estimate of drug-likeness (QED) is 0.728. The molecule has 0 aliphatic carbocycles. The molecule has 1 aromatic carbocycles. The number of hydrogen-bond acceptors (Lipinski definition) is 3. The number of aromatic nitrogens is 1. The molecule has 0 radical (unpaired) electrons. The lowest BCUT2D eigenvalue weighted by Crippen LogP contribution is -2.39. The van der Waals surface area contributed by atoms with Gasteiger partial charge in [-0.3, -0.25) is 9.59 Å². The van der Waals surface area contributed by atoms with Gasteiger partial charge in [0.1, 0.15) is 11.5 Å². The van der Waals surface area contributed by atoms with Crippen LogP contribution >= 0.6 is 0 Å². The lowest BCUT2D eigenvalue weighted by Gasteiger charge is -2.31. The molecule has 27 heavy (non-hydrogen) atoms. The largest absolute Gasteiger partial charge is 0.467 e. The predicted molar refractivity (Wildman–Crippen MR) is 102 cm³/mol. The van der Waals surface area contributed by atoms with Crippen LogP contribution < -0.4 is 5.32 Å². The van der Waals surface area contributed by atoms with Crippen molar-refractivity contribution in [3.63, 3.8) is 0 Å². The van der Waals surface area contributed by atoms with E-state index in [9.17, 15) is 9.59 Å². The molecule has 1 fully saturated rings. The number of piperidine rings is 1. The number of para-hydroxylation sites is 1. The second-order valence-electron chi connectivity index (χ2n) is 7.07. The van der Waals surface area contributed by atoms with Crippen LogP contribution in [0.4, 0.5) is 0 Å². The van der Waals surface area contributed by atoms with Gasteiger partial charge in [-0.05, 0) is 43.0 Å². The van der Waals surface area contributed by atoms with Gasteiger partial charge >= 0.3 is 0 Å². The van der Waals surface area contributed by atoms with Gasteiger partial charge in [-0.1, -0.05) is 18.2 Å². The molecule has 2 aromatic heterocycles. The highest BCUT2D eigenvalue weighted by Crippen LogP contribution is 2.23. The summed E-state index contributed by atoms with van der Waals surface area (Å²) >= 11 is 0. The van der Waals surface area contributed by atoms with Gasteiger partial charge in [-0.25, -0.2) is 0 Å². The Balaban J connectivity index is 1.26. The lowest BCUT2D eigenvalue weighted by molar-refractivity contribution is -0.122. The monoisotopic (exact) mass is 365 g/mol. The summed E-state index contributed by atoms with van der Waals surface area (Å²) in [5.74, 6) is 1.13. The first-order valence-corrected chi connectivity index (χ1v) is 9.35. The van der Waals surface area contributed by atoms with Crippen molar-refractivity contribution >= 4 is 22.7 Å². The van der Waals surface area contributed by atoms with Crippen LogP contribution in [-0.4, -0.2) is 34.8 Å². The van der Waals surface area contributed by atoms with E-state index in [1.54, 1.807) is 12.3 Å². The number of furan rings is 1. The van der Waals surface area contributed by atoms with Gasteiger partial charge in [-0.15, -0.1) is 0 Å². The molecule has 0 unspecified atom stereocenters. The van der Waals surface area contributed by atoms with Crippen molar-refractivity contribution in [2.24, 2.45) is 5.92 Å². The molecule has 0 bridgehead atoms. The van der Waals surface area contributed by atoms with Crippen LogP contribution in [-0.2, 0) is 11.3 Å². The molecule has 6 nitrogen and oxygen atoms in total. The second-order valence-corrected chi connectivity index (χ2v) is 7.07. The van der Waals surface area contributed by atoms with Gasteiger partial charge in [0.25, 0.3) is 5.91 Å². The van der Waals surface area contributed by atoms with Crippen molar-refractivity contribution < 1.29 is 14.0 Å². The molecule has 0 spiro atoms. The van der Waals surface area contributed by atoms with Gasteiger partial charge in [0, 0.05) is 30.4 Å². The first kappa shape index (κ1) is 17.4. The highest BCUT2D eigenvalue weighted by Gasteiger charge is 2.25. The highest BCUT2D eigenvalue weighted by atomic mass is 16.3. The van der Waals surface area contributed by atoms with Gasteiger partial charge in [-0.2, -0.15) is 0 Å². The SMILES string of the molecule is O=C(CC1CCN(C(=O)c2cc3ccccc3[nH]2)CC1)NCc1ccco1. The summed E-state index contributed by atoms with van der Waals surface area (Å²) in [7, 11) is 0. The van der Waals surface area contributed by atoms with Crippen LogP contribution in [0.2, 0.25) is 0 Å². The van der Waals surface area contributed by atoms with E-state index in [4.69, 9.17) is 4.42 Å². The number of aromatic amines is 1. The molecule has 1 saturated heterocycles. The van der Waals surface area contributed by atoms with Crippen molar-refractivity contribution in [2.75, 3.05) is 13.1 Å². The number of nitrogens with zero attached hydrogens (tertiary/aromatic N) is 1. The van der Waals surface area contributed by atoms with E-state index in [2.05, 4.69) is 10.3 Å². The summed E-state index contributed by atoms with van der Waals surface area (Å²) in [5.41, 5.74) is 1.61. The van der Waals surface area contributed by atoms with Crippen LogP contribution in [0.25, 0.3) is 10.9 Å². The summed E-state index contributed by atoms with van der Waals surface area (Å²) in [6.45, 7) is 1.79. The average molecular weight is 365 g/mol. The minimum absolute atomic E-state index is 0.0341. The van der Waals surface area contributed by atoms with Crippen LogP contribution in [0.1, 0.15) is 35.5 Å². The van der Waals surface area contributed by atoms with Gasteiger partial charge in [0.2, 0.25) is 5.91 Å². The molecule has 0 saturated carbocycles. The minimum atomic E-state index is 0.0341. The fourth-order valence-corrected chi connectivity index (χ4v) is 3.63. The van der Waals surface area contributed by atoms with E-state index in [-0.39, 0.29) is 11.8 Å². The van der Waals surface area contributed by atoms with Crippen LogP contribution in [0.3, 0.4) is 0 Å². The molecule has 2 amide bonds. The Hall–Kier alpha value is -3.02. The number of fused-ring (bicyclic) bond motifs is 1. The van der Waals surface area contributed by atoms with Gasteiger partial charge < -0.3 is 19.6 Å². The molecule has 1 aliphatic rings. The maximum atomic E-state index is 12.7. The van der Waals surface area contributed by atoms with E-state index in [1.165, 1.54) is 0 Å². The normalized spacial score (nSPS) is 15.2. The van der Waals surface area contributed by atoms with E-state index >= 15 is 0 Å². The Labute approximate surface area is 157 Å². The lowest BCUT2D eigenvalue weighted by atomic mass is 9.93. The summed E-state index contributed by atoms with van der Waals surface area (Å²) in [6, 6.07) is 13.4. The first-order valence-electron chi connectivity index (χ1n) is 9.35. The number of carbonyl (C=O) groups is 2. The van der Waals surface area contributed by atoms with Crippen molar-refractivity contribution in [3.8, 4) is 0 Å². The maximum Gasteiger partial charge on any atom is 0.270 e. The standard InChI is InChI=1S/C21H23N3O3/c25-20(22-14-17-5-3-11-27-17)12-15-7-9-24(10-8-15)21(26)19-13-16-4-1-2-6-18(16)23-19/h1-6,11,13,15,23H,7-10,12,14H2,(H,22,25). The number of rotatable bonds is 5. The molecule has 140 valence electrons. The molecule has 3 aromatic rings. The number of amides is 2. The molecule has 0 atom stereocenters. The van der Waals surface area contributed by atoms with Crippen molar-refractivity contribution in [1.82, 2.24) is 15.2 Å². The number of hydrogen-bond donors (Lipinski definition) is 2. The summed E-state index contributed by atoms with van der Waals surface area (Å²) in [6.07, 6.45) is 3.79. The van der Waals surface area contributed by atoms with Crippen molar-refractivity contribution in [3.05, 3.63) is 60.2 Å². The van der Waals surface area contributed by atoms with E-state index < -0.39 is 0 Å².